The summed E-state index contributed by atoms with van der Waals surface area (Å²) in [6, 6.07) is 11.8. The number of nitrogen functional groups attached to an aromatic ring is 1. The molecule has 3 saturated carbocycles. The molecule has 3 aliphatic carbocycles. The van der Waals surface area contributed by atoms with E-state index in [4.69, 9.17) is 15.0 Å². The Morgan fingerprint density at radius 3 is 2.53 bits per heavy atom. The summed E-state index contributed by atoms with van der Waals surface area (Å²) in [6.45, 7) is 0.188. The van der Waals surface area contributed by atoms with Crippen molar-refractivity contribution in [3.63, 3.8) is 0 Å². The molecule has 8 rings (SSSR count). The number of hydrogen-bond acceptors (Lipinski definition) is 10. The number of para-hydroxylation sites is 2. The van der Waals surface area contributed by atoms with Crippen molar-refractivity contribution >= 4 is 16.9 Å². The van der Waals surface area contributed by atoms with Crippen molar-refractivity contribution in [2.24, 2.45) is 11.8 Å². The maximum Gasteiger partial charge on any atom is 0.573 e. The van der Waals surface area contributed by atoms with Crippen LogP contribution in [0.25, 0.3) is 33.7 Å². The Labute approximate surface area is 254 Å². The van der Waals surface area contributed by atoms with Gasteiger partial charge >= 0.3 is 6.36 Å². The first-order valence-electron chi connectivity index (χ1n) is 15.1. The molecule has 3 heterocycles. The van der Waals surface area contributed by atoms with E-state index in [-0.39, 0.29) is 36.0 Å². The van der Waals surface area contributed by atoms with Crippen molar-refractivity contribution in [3.05, 3.63) is 60.0 Å². The Morgan fingerprint density at radius 2 is 1.76 bits per heavy atom. The minimum atomic E-state index is -4.83. The number of benzene rings is 2. The van der Waals surface area contributed by atoms with Gasteiger partial charge in [-0.25, -0.2) is 14.6 Å². The topological polar surface area (TPSA) is 140 Å². The van der Waals surface area contributed by atoms with Crippen LogP contribution >= 0.6 is 0 Å². The summed E-state index contributed by atoms with van der Waals surface area (Å²) < 4.78 is 58.0. The molecule has 14 heteroatoms. The van der Waals surface area contributed by atoms with E-state index in [1.807, 2.05) is 22.9 Å². The molecule has 2 unspecified atom stereocenters. The number of alkyl halides is 3. The SMILES string of the molecule is Nc1cnc2c(-c3nnnn3C3C4CCC3CC(OCc3c(-c5ccccc5OC(F)(F)F)noc3C3CC3)C4)cccc2n1. The Kier molecular flexibility index (Phi) is 6.69. The van der Waals surface area contributed by atoms with Crippen LogP contribution < -0.4 is 10.5 Å². The predicted octanol–water partition coefficient (Wildman–Crippen LogP) is 6.24. The molecule has 3 aliphatic rings. The van der Waals surface area contributed by atoms with Gasteiger partial charge in [-0.05, 0) is 85.1 Å². The molecule has 2 bridgehead atoms. The van der Waals surface area contributed by atoms with Gasteiger partial charge in [0.2, 0.25) is 0 Å². The van der Waals surface area contributed by atoms with Gasteiger partial charge in [0, 0.05) is 22.6 Å². The molecule has 2 atom stereocenters. The van der Waals surface area contributed by atoms with E-state index in [9.17, 15) is 13.2 Å². The van der Waals surface area contributed by atoms with Gasteiger partial charge in [-0.15, -0.1) is 18.3 Å². The van der Waals surface area contributed by atoms with Crippen molar-refractivity contribution < 1.29 is 27.2 Å². The fraction of sp³-hybridized carbons (Fsp3) is 0.419. The summed E-state index contributed by atoms with van der Waals surface area (Å²) in [7, 11) is 0. The van der Waals surface area contributed by atoms with Gasteiger partial charge in [-0.3, -0.25) is 0 Å². The van der Waals surface area contributed by atoms with E-state index in [0.717, 1.165) is 44.1 Å². The van der Waals surface area contributed by atoms with Crippen LogP contribution in [0.1, 0.15) is 61.8 Å². The number of tetrazole rings is 1. The number of fused-ring (bicyclic) bond motifs is 3. The Balaban J connectivity index is 1.03. The van der Waals surface area contributed by atoms with Gasteiger partial charge in [0.15, 0.2) is 5.82 Å². The lowest BCUT2D eigenvalue weighted by molar-refractivity contribution is -0.274. The van der Waals surface area contributed by atoms with Crippen LogP contribution in [-0.4, -0.2) is 47.8 Å². The smallest absolute Gasteiger partial charge is 0.405 e. The first-order chi connectivity index (χ1) is 21.8. The van der Waals surface area contributed by atoms with E-state index < -0.39 is 6.36 Å². The molecule has 0 radical (unpaired) electrons. The fourth-order valence-corrected chi connectivity index (χ4v) is 7.20. The molecule has 0 saturated heterocycles. The van der Waals surface area contributed by atoms with E-state index >= 15 is 0 Å². The zero-order valence-corrected chi connectivity index (χ0v) is 24.0. The average Bonchev–Trinajstić information content (AvgIpc) is 3.49. The Hall–Kier alpha value is -4.59. The summed E-state index contributed by atoms with van der Waals surface area (Å²) in [5.41, 5.74) is 9.25. The molecule has 0 aliphatic heterocycles. The maximum absolute atomic E-state index is 13.2. The van der Waals surface area contributed by atoms with Crippen molar-refractivity contribution in [2.75, 3.05) is 5.73 Å². The molecule has 232 valence electrons. The van der Waals surface area contributed by atoms with Crippen LogP contribution in [0.5, 0.6) is 5.75 Å². The van der Waals surface area contributed by atoms with Gasteiger partial charge in [-0.2, -0.15) is 0 Å². The Morgan fingerprint density at radius 1 is 0.978 bits per heavy atom. The van der Waals surface area contributed by atoms with Gasteiger partial charge in [0.1, 0.15) is 23.0 Å². The number of aromatic nitrogens is 7. The van der Waals surface area contributed by atoms with Crippen LogP contribution in [-0.2, 0) is 11.3 Å². The molecule has 11 nitrogen and oxygen atoms in total. The first kappa shape index (κ1) is 27.9. The third-order valence-corrected chi connectivity index (χ3v) is 9.21. The number of nitrogens with zero attached hydrogens (tertiary/aromatic N) is 7. The molecular formula is C31H29F3N8O3. The second-order valence-electron chi connectivity index (χ2n) is 12.1. The van der Waals surface area contributed by atoms with Crippen molar-refractivity contribution in [1.29, 1.82) is 0 Å². The minimum Gasteiger partial charge on any atom is -0.405 e. The molecule has 0 amide bonds. The molecular weight excluding hydrogens is 589 g/mol. The second kappa shape index (κ2) is 10.8. The highest BCUT2D eigenvalue weighted by atomic mass is 19.4. The molecule has 0 spiro atoms. The zero-order chi connectivity index (χ0) is 30.7. The minimum absolute atomic E-state index is 0.0402. The number of ether oxygens (including phenoxy) is 2. The lowest BCUT2D eigenvalue weighted by Crippen LogP contribution is -2.33. The van der Waals surface area contributed by atoms with Gasteiger partial charge in [0.05, 0.1) is 36.0 Å². The van der Waals surface area contributed by atoms with Crippen molar-refractivity contribution in [2.45, 2.75) is 69.6 Å². The molecule has 2 N–H and O–H groups in total. The quantitative estimate of drug-likeness (QED) is 0.212. The van der Waals surface area contributed by atoms with Crippen LogP contribution in [0, 0.1) is 11.8 Å². The number of halogens is 3. The van der Waals surface area contributed by atoms with Crippen molar-refractivity contribution in [1.82, 2.24) is 35.3 Å². The molecule has 3 aromatic heterocycles. The maximum atomic E-state index is 13.2. The third-order valence-electron chi connectivity index (χ3n) is 9.21. The summed E-state index contributed by atoms with van der Waals surface area (Å²) >= 11 is 0. The van der Waals surface area contributed by atoms with Gasteiger partial charge in [0.25, 0.3) is 0 Å². The molecule has 2 aromatic carbocycles. The van der Waals surface area contributed by atoms with Crippen LogP contribution in [0.15, 0.2) is 53.2 Å². The molecule has 3 fully saturated rings. The standard InChI is InChI=1S/C31H29F3N8O3/c32-31(33,34)44-24-7-2-1-4-20(24)26-22(29(45-39-26)16-8-9-16)15-43-19-12-17-10-11-18(13-19)28(17)42-30(38-40-41-42)21-5-3-6-23-27(21)36-14-25(35)37-23/h1-7,14,16-19,28H,8-13,15H2,(H2,35,37). The highest BCUT2D eigenvalue weighted by molar-refractivity contribution is 5.89. The van der Waals surface area contributed by atoms with Crippen LogP contribution in [0.2, 0.25) is 0 Å². The highest BCUT2D eigenvalue weighted by Gasteiger charge is 2.46. The fourth-order valence-electron chi connectivity index (χ4n) is 7.20. The molecule has 45 heavy (non-hydrogen) atoms. The summed E-state index contributed by atoms with van der Waals surface area (Å²) in [5, 5.41) is 17.1. The molecule has 5 aromatic rings. The monoisotopic (exact) mass is 618 g/mol. The van der Waals surface area contributed by atoms with E-state index in [2.05, 4.69) is 35.4 Å². The second-order valence-corrected chi connectivity index (χ2v) is 12.1. The number of rotatable bonds is 8. The largest absolute Gasteiger partial charge is 0.573 e. The number of nitrogens with two attached hydrogens (primary N) is 1. The average molecular weight is 619 g/mol. The van der Waals surface area contributed by atoms with Gasteiger partial charge in [-0.1, -0.05) is 23.4 Å². The lowest BCUT2D eigenvalue weighted by Gasteiger charge is -2.35. The van der Waals surface area contributed by atoms with E-state index in [0.29, 0.717) is 51.5 Å². The summed E-state index contributed by atoms with van der Waals surface area (Å²) in [5.74, 6) is 2.12. The normalized spacial score (nSPS) is 23.1. The first-order valence-corrected chi connectivity index (χ1v) is 15.1. The lowest BCUT2D eigenvalue weighted by atomic mass is 9.82. The third kappa shape index (κ3) is 5.26. The van der Waals surface area contributed by atoms with Gasteiger partial charge < -0.3 is 19.7 Å². The number of hydrogen-bond donors (Lipinski definition) is 1. The number of anilines is 1. The van der Waals surface area contributed by atoms with Crippen molar-refractivity contribution in [3.8, 4) is 28.4 Å². The Bertz CT molecular complexity index is 1860. The zero-order valence-electron chi connectivity index (χ0n) is 24.0. The summed E-state index contributed by atoms with van der Waals surface area (Å²) in [4.78, 5) is 8.92. The van der Waals surface area contributed by atoms with Crippen LogP contribution in [0.3, 0.4) is 0 Å². The van der Waals surface area contributed by atoms with E-state index in [1.165, 1.54) is 18.3 Å². The summed E-state index contributed by atoms with van der Waals surface area (Å²) in [6.07, 6.45) is 2.21. The predicted molar refractivity (Wildman–Crippen MR) is 154 cm³/mol. The van der Waals surface area contributed by atoms with Crippen LogP contribution in [0.4, 0.5) is 19.0 Å². The van der Waals surface area contributed by atoms with E-state index in [1.54, 1.807) is 12.1 Å². The highest BCUT2D eigenvalue weighted by Crippen LogP contribution is 2.52.